The molecule has 3 heterocycles. The molecule has 5 rings (SSSR count). The number of rotatable bonds is 11. The Morgan fingerprint density at radius 1 is 0.975 bits per heavy atom. The second-order valence-electron chi connectivity index (χ2n) is 10.0. The lowest BCUT2D eigenvalue weighted by Gasteiger charge is -2.36. The highest BCUT2D eigenvalue weighted by Crippen LogP contribution is 2.31. The van der Waals surface area contributed by atoms with Gasteiger partial charge in [0, 0.05) is 67.2 Å². The maximum atomic E-state index is 12.6. The van der Waals surface area contributed by atoms with E-state index in [9.17, 15) is 9.59 Å². The zero-order valence-electron chi connectivity index (χ0n) is 23.4. The number of thiophene rings is 1. The SMILES string of the molecule is CCN(CC)C(=O)OCn1c(=O)ccc2ccc(OCCCCN3CCN(c4cccc5sccc45)CC3)cc21. The molecule has 0 saturated carbocycles. The van der Waals surface area contributed by atoms with E-state index in [4.69, 9.17) is 9.47 Å². The molecular formula is C31H38N4O4S. The van der Waals surface area contributed by atoms with Gasteiger partial charge in [-0.25, -0.2) is 4.79 Å². The molecule has 0 aliphatic carbocycles. The first kappa shape index (κ1) is 28.0. The molecule has 8 nitrogen and oxygen atoms in total. The van der Waals surface area contributed by atoms with Crippen LogP contribution in [0.1, 0.15) is 26.7 Å². The molecule has 40 heavy (non-hydrogen) atoms. The number of unbranched alkanes of at least 4 members (excludes halogenated alkanes) is 1. The maximum absolute atomic E-state index is 12.6. The van der Waals surface area contributed by atoms with Gasteiger partial charge in [0.05, 0.1) is 12.1 Å². The van der Waals surface area contributed by atoms with Crippen molar-refractivity contribution in [2.75, 3.05) is 57.3 Å². The molecule has 2 aromatic carbocycles. The molecule has 0 atom stereocenters. The minimum atomic E-state index is -0.428. The van der Waals surface area contributed by atoms with Crippen molar-refractivity contribution in [3.63, 3.8) is 0 Å². The number of hydrogen-bond donors (Lipinski definition) is 0. The number of ether oxygens (including phenoxy) is 2. The summed E-state index contributed by atoms with van der Waals surface area (Å²) in [6.45, 7) is 10.7. The number of carbonyl (C=O) groups is 1. The van der Waals surface area contributed by atoms with Crippen LogP contribution in [-0.4, -0.2) is 72.9 Å². The molecule has 0 radical (unpaired) electrons. The van der Waals surface area contributed by atoms with Crippen LogP contribution in [-0.2, 0) is 11.5 Å². The Morgan fingerprint density at radius 2 is 1.77 bits per heavy atom. The van der Waals surface area contributed by atoms with Crippen LogP contribution in [0.5, 0.6) is 5.75 Å². The third kappa shape index (κ3) is 6.42. The molecule has 212 valence electrons. The summed E-state index contributed by atoms with van der Waals surface area (Å²) in [5, 5.41) is 4.43. The van der Waals surface area contributed by atoms with Crippen molar-refractivity contribution in [2.45, 2.75) is 33.4 Å². The first-order valence-corrected chi connectivity index (χ1v) is 15.1. The summed E-state index contributed by atoms with van der Waals surface area (Å²) in [6.07, 6.45) is 1.59. The van der Waals surface area contributed by atoms with Gasteiger partial charge in [-0.05, 0) is 80.4 Å². The predicted octanol–water partition coefficient (Wildman–Crippen LogP) is 5.63. The molecule has 9 heteroatoms. The molecule has 1 aliphatic heterocycles. The number of benzene rings is 2. The van der Waals surface area contributed by atoms with Crippen LogP contribution in [0.3, 0.4) is 0 Å². The zero-order chi connectivity index (χ0) is 27.9. The first-order chi connectivity index (χ1) is 19.6. The van der Waals surface area contributed by atoms with E-state index in [1.807, 2.05) is 32.0 Å². The van der Waals surface area contributed by atoms with Gasteiger partial charge in [0.25, 0.3) is 5.56 Å². The van der Waals surface area contributed by atoms with E-state index in [1.165, 1.54) is 26.4 Å². The fourth-order valence-corrected chi connectivity index (χ4v) is 6.08. The molecule has 1 amide bonds. The van der Waals surface area contributed by atoms with Crippen molar-refractivity contribution in [1.82, 2.24) is 14.4 Å². The summed E-state index contributed by atoms with van der Waals surface area (Å²) in [5.74, 6) is 0.707. The Hall–Kier alpha value is -3.56. The fourth-order valence-electron chi connectivity index (χ4n) is 5.28. The van der Waals surface area contributed by atoms with Gasteiger partial charge < -0.3 is 19.3 Å². The van der Waals surface area contributed by atoms with Crippen molar-refractivity contribution in [1.29, 1.82) is 0 Å². The monoisotopic (exact) mass is 562 g/mol. The molecule has 2 aromatic heterocycles. The smallest absolute Gasteiger partial charge is 0.411 e. The summed E-state index contributed by atoms with van der Waals surface area (Å²) >= 11 is 1.80. The second-order valence-corrected chi connectivity index (χ2v) is 11.0. The topological polar surface area (TPSA) is 67.2 Å². The number of pyridine rings is 1. The van der Waals surface area contributed by atoms with Gasteiger partial charge in [-0.1, -0.05) is 6.07 Å². The Kier molecular flexibility index (Phi) is 9.23. The van der Waals surface area contributed by atoms with Crippen molar-refractivity contribution < 1.29 is 14.3 Å². The van der Waals surface area contributed by atoms with Crippen molar-refractivity contribution in [2.24, 2.45) is 0 Å². The van der Waals surface area contributed by atoms with E-state index in [-0.39, 0.29) is 12.3 Å². The number of aromatic nitrogens is 1. The quantitative estimate of drug-likeness (QED) is 0.221. The normalized spacial score (nSPS) is 14.1. The zero-order valence-corrected chi connectivity index (χ0v) is 24.2. The average Bonchev–Trinajstić information content (AvgIpc) is 3.47. The average molecular weight is 563 g/mol. The van der Waals surface area contributed by atoms with Crippen LogP contribution in [0.2, 0.25) is 0 Å². The van der Waals surface area contributed by atoms with Crippen LogP contribution in [0.25, 0.3) is 21.0 Å². The Morgan fingerprint density at radius 3 is 2.58 bits per heavy atom. The molecule has 0 spiro atoms. The summed E-state index contributed by atoms with van der Waals surface area (Å²) in [7, 11) is 0. The lowest BCUT2D eigenvalue weighted by atomic mass is 10.2. The maximum Gasteiger partial charge on any atom is 0.411 e. The number of carbonyl (C=O) groups excluding carboxylic acids is 1. The van der Waals surface area contributed by atoms with Gasteiger partial charge in [-0.3, -0.25) is 14.3 Å². The second kappa shape index (κ2) is 13.2. The molecule has 1 saturated heterocycles. The van der Waals surface area contributed by atoms with Crippen LogP contribution >= 0.6 is 11.3 Å². The Balaban J connectivity index is 1.09. The van der Waals surface area contributed by atoms with Crippen LogP contribution < -0.4 is 15.2 Å². The van der Waals surface area contributed by atoms with Crippen LogP contribution in [0.15, 0.2) is 64.8 Å². The van der Waals surface area contributed by atoms with E-state index < -0.39 is 6.09 Å². The Labute approximate surface area is 239 Å². The fraction of sp³-hybridized carbons (Fsp3) is 0.419. The van der Waals surface area contributed by atoms with Gasteiger partial charge in [0.1, 0.15) is 5.75 Å². The van der Waals surface area contributed by atoms with Gasteiger partial charge in [-0.2, -0.15) is 0 Å². The third-order valence-corrected chi connectivity index (χ3v) is 8.51. The summed E-state index contributed by atoms with van der Waals surface area (Å²) < 4.78 is 14.3. The highest BCUT2D eigenvalue weighted by molar-refractivity contribution is 7.17. The van der Waals surface area contributed by atoms with Gasteiger partial charge in [-0.15, -0.1) is 11.3 Å². The summed E-state index contributed by atoms with van der Waals surface area (Å²) in [4.78, 5) is 31.5. The van der Waals surface area contributed by atoms with E-state index in [0.29, 0.717) is 31.0 Å². The molecule has 4 aromatic rings. The highest BCUT2D eigenvalue weighted by Gasteiger charge is 2.18. The van der Waals surface area contributed by atoms with Crippen LogP contribution in [0, 0.1) is 0 Å². The lowest BCUT2D eigenvalue weighted by molar-refractivity contribution is 0.0791. The number of hydrogen-bond acceptors (Lipinski definition) is 7. The predicted molar refractivity (Wildman–Crippen MR) is 163 cm³/mol. The van der Waals surface area contributed by atoms with Gasteiger partial charge >= 0.3 is 6.09 Å². The van der Waals surface area contributed by atoms with Crippen molar-refractivity contribution >= 4 is 44.1 Å². The number of piperazine rings is 1. The molecule has 1 fully saturated rings. The summed E-state index contributed by atoms with van der Waals surface area (Å²) in [5.41, 5.74) is 1.83. The molecule has 1 aliphatic rings. The van der Waals surface area contributed by atoms with Crippen LogP contribution in [0.4, 0.5) is 10.5 Å². The number of fused-ring (bicyclic) bond motifs is 2. The number of nitrogens with zero attached hydrogens (tertiary/aromatic N) is 4. The van der Waals surface area contributed by atoms with E-state index in [0.717, 1.165) is 51.0 Å². The number of anilines is 1. The lowest BCUT2D eigenvalue weighted by Crippen LogP contribution is -2.46. The third-order valence-electron chi connectivity index (χ3n) is 7.63. The summed E-state index contributed by atoms with van der Waals surface area (Å²) in [6, 6.07) is 17.8. The number of amides is 1. The van der Waals surface area contributed by atoms with E-state index in [2.05, 4.69) is 39.4 Å². The van der Waals surface area contributed by atoms with Crippen molar-refractivity contribution in [3.05, 3.63) is 70.3 Å². The van der Waals surface area contributed by atoms with E-state index >= 15 is 0 Å². The molecule has 0 unspecified atom stereocenters. The molecule has 0 bridgehead atoms. The van der Waals surface area contributed by atoms with E-state index in [1.54, 1.807) is 22.3 Å². The standard InChI is InChI=1S/C31H38N4O4S/c1-3-33(4-2)31(37)39-23-35-28-22-25(12-10-24(28)11-13-30(35)36)38-20-6-5-15-32-16-18-34(19-17-32)27-8-7-9-29-26(27)14-21-40-29/h7-14,21-22H,3-6,15-20,23H2,1-2H3. The molecule has 0 N–H and O–H groups in total. The first-order valence-electron chi connectivity index (χ1n) is 14.2. The van der Waals surface area contributed by atoms with Crippen molar-refractivity contribution in [3.8, 4) is 5.75 Å². The Bertz CT molecular complexity index is 1490. The minimum absolute atomic E-state index is 0.134. The minimum Gasteiger partial charge on any atom is -0.494 e. The largest absolute Gasteiger partial charge is 0.494 e. The van der Waals surface area contributed by atoms with Gasteiger partial charge in [0.15, 0.2) is 6.73 Å². The molecular weight excluding hydrogens is 524 g/mol. The van der Waals surface area contributed by atoms with Gasteiger partial charge in [0.2, 0.25) is 0 Å². The highest BCUT2D eigenvalue weighted by atomic mass is 32.1.